The number of hydrogen-bond donors (Lipinski definition) is 0. The number of rotatable bonds is 4. The van der Waals surface area contributed by atoms with Crippen LogP contribution in [-0.4, -0.2) is 22.2 Å². The highest BCUT2D eigenvalue weighted by molar-refractivity contribution is 6.67. The molecule has 0 bridgehead atoms. The Morgan fingerprint density at radius 1 is 1.00 bits per heavy atom. The highest BCUT2D eigenvalue weighted by atomic mass is 35.5. The minimum atomic E-state index is -1.32. The number of allylic oxidation sites excluding steroid dienone is 1. The van der Waals surface area contributed by atoms with Crippen LogP contribution in [0.5, 0.6) is 0 Å². The number of ketones is 1. The molecule has 1 aliphatic rings. The highest BCUT2D eigenvalue weighted by Crippen LogP contribution is 2.34. The number of carbonyl (C=O) groups excluding carboxylic acids is 2. The summed E-state index contributed by atoms with van der Waals surface area (Å²) >= 11 is 17.4. The van der Waals surface area contributed by atoms with E-state index in [0.717, 1.165) is 0 Å². The Hall–Kier alpha value is -2.01. The van der Waals surface area contributed by atoms with E-state index >= 15 is 0 Å². The van der Waals surface area contributed by atoms with Crippen LogP contribution in [0.15, 0.2) is 53.7 Å². The fourth-order valence-electron chi connectivity index (χ4n) is 2.43. The van der Waals surface area contributed by atoms with Crippen LogP contribution in [0, 0.1) is 0 Å². The van der Waals surface area contributed by atoms with Crippen molar-refractivity contribution in [2.45, 2.75) is 5.54 Å². The summed E-state index contributed by atoms with van der Waals surface area (Å²) < 4.78 is 0. The number of Topliss-reactive ketones (excluding diaryl/α,β-unsaturated/α-hetero) is 1. The number of benzene rings is 1. The van der Waals surface area contributed by atoms with E-state index < -0.39 is 10.8 Å². The van der Waals surface area contributed by atoms with Crippen molar-refractivity contribution in [1.29, 1.82) is 0 Å². The van der Waals surface area contributed by atoms with Gasteiger partial charge in [0.2, 0.25) is 5.78 Å². The Balaban J connectivity index is 2.09. The summed E-state index contributed by atoms with van der Waals surface area (Å²) in [5.74, 6) is -0.325. The lowest BCUT2D eigenvalue weighted by molar-refractivity contribution is 0.0920. The van der Waals surface area contributed by atoms with Gasteiger partial charge < -0.3 is 0 Å². The summed E-state index contributed by atoms with van der Waals surface area (Å²) in [6.45, 7) is 0. The number of pyridine rings is 1. The molecule has 3 rings (SSSR count). The molecule has 1 atom stereocenters. The molecule has 0 saturated carbocycles. The number of halogens is 3. The van der Waals surface area contributed by atoms with E-state index in [1.807, 2.05) is 0 Å². The third-order valence-corrected chi connectivity index (χ3v) is 4.21. The molecule has 1 aromatic carbocycles. The first kappa shape index (κ1) is 16.8. The maximum absolute atomic E-state index is 13.1. The predicted molar refractivity (Wildman–Crippen MR) is 94.5 cm³/mol. The van der Waals surface area contributed by atoms with Gasteiger partial charge in [-0.25, -0.2) is 0 Å². The molecule has 1 aromatic heterocycles. The fraction of sp³-hybridized carbons (Fsp3) is 0.0588. The zero-order valence-electron chi connectivity index (χ0n) is 12.0. The Kier molecular flexibility index (Phi) is 4.54. The van der Waals surface area contributed by atoms with Gasteiger partial charge in [-0.1, -0.05) is 23.2 Å². The van der Waals surface area contributed by atoms with Gasteiger partial charge in [0.05, 0.1) is 11.3 Å². The second kappa shape index (κ2) is 6.48. The molecule has 120 valence electrons. The Labute approximate surface area is 152 Å². The maximum Gasteiger partial charge on any atom is 0.253 e. The minimum Gasteiger partial charge on any atom is -0.291 e. The van der Waals surface area contributed by atoms with Crippen LogP contribution in [-0.2, 0) is 5.54 Å². The summed E-state index contributed by atoms with van der Waals surface area (Å²) in [4.78, 5) is 32.7. The molecule has 0 saturated heterocycles. The summed E-state index contributed by atoms with van der Waals surface area (Å²) in [7, 11) is 0. The average Bonchev–Trinajstić information content (AvgIpc) is 3.04. The van der Waals surface area contributed by atoms with E-state index in [2.05, 4.69) is 9.98 Å². The molecule has 2 heterocycles. The maximum atomic E-state index is 13.1. The van der Waals surface area contributed by atoms with Crippen molar-refractivity contribution >= 4 is 52.0 Å². The largest absolute Gasteiger partial charge is 0.291 e. The van der Waals surface area contributed by atoms with E-state index in [-0.39, 0.29) is 11.3 Å². The van der Waals surface area contributed by atoms with Crippen LogP contribution < -0.4 is 0 Å². The topological polar surface area (TPSA) is 59.4 Å². The zero-order valence-corrected chi connectivity index (χ0v) is 14.3. The molecule has 7 heteroatoms. The quantitative estimate of drug-likeness (QED) is 0.581. The molecule has 0 radical (unpaired) electrons. The molecular weight excluding hydrogens is 371 g/mol. The zero-order chi connectivity index (χ0) is 17.3. The lowest BCUT2D eigenvalue weighted by Crippen LogP contribution is -2.32. The molecule has 1 unspecified atom stereocenters. The molecule has 1 aliphatic heterocycles. The van der Waals surface area contributed by atoms with Crippen molar-refractivity contribution in [2.24, 2.45) is 4.99 Å². The van der Waals surface area contributed by atoms with Crippen molar-refractivity contribution in [3.63, 3.8) is 0 Å². The van der Waals surface area contributed by atoms with Gasteiger partial charge in [-0.2, -0.15) is 0 Å². The first-order valence-electron chi connectivity index (χ1n) is 6.83. The highest BCUT2D eigenvalue weighted by Gasteiger charge is 2.40. The molecule has 24 heavy (non-hydrogen) atoms. The van der Waals surface area contributed by atoms with Gasteiger partial charge in [0.15, 0.2) is 5.54 Å². The number of aliphatic imine (C=N–C) groups is 1. The standard InChI is InChI=1S/C17H9Cl3N2O2/c18-12-6-11(7-13(19)8-12)15(23)17(4-1-5-22-17)14-3-2-10(9-21-14)16(20)24/h1-9H. The second-order valence-corrected chi connectivity index (χ2v) is 6.31. The summed E-state index contributed by atoms with van der Waals surface area (Å²) in [5, 5.41) is 0.0764. The van der Waals surface area contributed by atoms with Crippen LogP contribution >= 0.6 is 34.8 Å². The van der Waals surface area contributed by atoms with Crippen molar-refractivity contribution in [1.82, 2.24) is 4.98 Å². The smallest absolute Gasteiger partial charge is 0.253 e. The Bertz CT molecular complexity index is 857. The molecule has 0 aliphatic carbocycles. The van der Waals surface area contributed by atoms with Gasteiger partial charge in [-0.3, -0.25) is 19.6 Å². The average molecular weight is 380 g/mol. The third-order valence-electron chi connectivity index (χ3n) is 3.55. The third kappa shape index (κ3) is 3.00. The molecule has 4 nitrogen and oxygen atoms in total. The monoisotopic (exact) mass is 378 g/mol. The normalized spacial score (nSPS) is 18.8. The minimum absolute atomic E-state index is 0.236. The SMILES string of the molecule is O=C(Cl)c1ccc(C2(C(=O)c3cc(Cl)cc(Cl)c3)C=CC=N2)nc1. The number of nitrogens with zero attached hydrogens (tertiary/aromatic N) is 2. The second-order valence-electron chi connectivity index (χ2n) is 5.10. The molecule has 0 spiro atoms. The van der Waals surface area contributed by atoms with Crippen LogP contribution in [0.4, 0.5) is 0 Å². The molecular formula is C17H9Cl3N2O2. The van der Waals surface area contributed by atoms with Crippen LogP contribution in [0.1, 0.15) is 26.4 Å². The van der Waals surface area contributed by atoms with E-state index in [0.29, 0.717) is 21.3 Å². The predicted octanol–water partition coefficient (Wildman–Crippen LogP) is 4.49. The summed E-state index contributed by atoms with van der Waals surface area (Å²) in [6.07, 6.45) is 6.12. The van der Waals surface area contributed by atoms with E-state index in [9.17, 15) is 9.59 Å². The van der Waals surface area contributed by atoms with E-state index in [1.54, 1.807) is 24.3 Å². The number of carbonyl (C=O) groups is 2. The van der Waals surface area contributed by atoms with E-state index in [1.165, 1.54) is 30.6 Å². The van der Waals surface area contributed by atoms with Gasteiger partial charge >= 0.3 is 0 Å². The Morgan fingerprint density at radius 2 is 1.71 bits per heavy atom. The number of aromatic nitrogens is 1. The number of hydrogen-bond acceptors (Lipinski definition) is 4. The van der Waals surface area contributed by atoms with E-state index in [4.69, 9.17) is 34.8 Å². The summed E-state index contributed by atoms with van der Waals surface area (Å²) in [5.41, 5.74) is -0.396. The van der Waals surface area contributed by atoms with Crippen molar-refractivity contribution in [3.8, 4) is 0 Å². The van der Waals surface area contributed by atoms with Gasteiger partial charge in [0.25, 0.3) is 5.24 Å². The lowest BCUT2D eigenvalue weighted by atomic mass is 9.86. The lowest BCUT2D eigenvalue weighted by Gasteiger charge is -2.22. The Morgan fingerprint density at radius 3 is 2.21 bits per heavy atom. The van der Waals surface area contributed by atoms with Gasteiger partial charge in [-0.15, -0.1) is 0 Å². The van der Waals surface area contributed by atoms with Crippen LogP contribution in [0.2, 0.25) is 10.0 Å². The molecule has 0 fully saturated rings. The van der Waals surface area contributed by atoms with Gasteiger partial charge in [-0.05, 0) is 54.1 Å². The van der Waals surface area contributed by atoms with Crippen LogP contribution in [0.3, 0.4) is 0 Å². The molecule has 0 amide bonds. The molecule has 2 aromatic rings. The van der Waals surface area contributed by atoms with Crippen molar-refractivity contribution in [3.05, 3.63) is 75.5 Å². The van der Waals surface area contributed by atoms with Crippen molar-refractivity contribution in [2.75, 3.05) is 0 Å². The summed E-state index contributed by atoms with van der Waals surface area (Å²) in [6, 6.07) is 7.64. The molecule has 0 N–H and O–H groups in total. The van der Waals surface area contributed by atoms with Gasteiger partial charge in [0, 0.05) is 28.0 Å². The first-order chi connectivity index (χ1) is 11.4. The van der Waals surface area contributed by atoms with Gasteiger partial charge in [0.1, 0.15) is 0 Å². The fourth-order valence-corrected chi connectivity index (χ4v) is 3.07. The van der Waals surface area contributed by atoms with Crippen LogP contribution in [0.25, 0.3) is 0 Å². The van der Waals surface area contributed by atoms with Crippen molar-refractivity contribution < 1.29 is 9.59 Å². The first-order valence-corrected chi connectivity index (χ1v) is 7.96.